The topological polar surface area (TPSA) is 97.8 Å². The van der Waals surface area contributed by atoms with Crippen LogP contribution in [-0.2, 0) is 11.3 Å². The highest BCUT2D eigenvalue weighted by Gasteiger charge is 2.65. The summed E-state index contributed by atoms with van der Waals surface area (Å²) in [6.45, 7) is 3.06. The summed E-state index contributed by atoms with van der Waals surface area (Å²) in [5.41, 5.74) is 10.6. The van der Waals surface area contributed by atoms with Crippen LogP contribution in [0, 0.1) is 5.41 Å². The normalized spacial score (nSPS) is 25.6. The molecule has 2 aliphatic carbocycles. The van der Waals surface area contributed by atoms with E-state index >= 15 is 0 Å². The lowest BCUT2D eigenvalue weighted by Gasteiger charge is -2.45. The van der Waals surface area contributed by atoms with E-state index in [-0.39, 0.29) is 11.8 Å². The number of ether oxygens (including phenoxy) is 1. The van der Waals surface area contributed by atoms with Crippen LogP contribution < -0.4 is 10.5 Å². The molecule has 4 aliphatic rings. The Morgan fingerprint density at radius 2 is 1.82 bits per heavy atom. The van der Waals surface area contributed by atoms with Crippen molar-refractivity contribution >= 4 is 22.7 Å². The molecule has 0 radical (unpaired) electrons. The number of hydrogen-bond donors (Lipinski definition) is 2. The van der Waals surface area contributed by atoms with Gasteiger partial charge >= 0.3 is 0 Å². The Labute approximate surface area is 222 Å². The number of primary amides is 1. The van der Waals surface area contributed by atoms with Crippen LogP contribution >= 0.6 is 0 Å². The average Bonchev–Trinajstić information content (AvgIpc) is 3.57. The standard InChI is InChI=1S/C31H35N3O4/c1-30(37)15-33(16-30)29(36)31-14-24(31)23-13-20(38-2)9-11-21(23)27-26(18-6-4-3-5-7-18)22-10-8-19(28(32)35)12-25(22)34(27)17-31/h8-13,18,24,37H,3-7,14-17H2,1-2H3,(H2,32,35). The summed E-state index contributed by atoms with van der Waals surface area (Å²) >= 11 is 0. The van der Waals surface area contributed by atoms with Gasteiger partial charge in [-0.25, -0.2) is 0 Å². The van der Waals surface area contributed by atoms with Gasteiger partial charge in [0.15, 0.2) is 0 Å². The monoisotopic (exact) mass is 513 g/mol. The number of hydrogen-bond acceptors (Lipinski definition) is 4. The number of benzene rings is 2. The van der Waals surface area contributed by atoms with E-state index in [1.54, 1.807) is 14.0 Å². The van der Waals surface area contributed by atoms with Crippen LogP contribution in [0.2, 0.25) is 0 Å². The summed E-state index contributed by atoms with van der Waals surface area (Å²) in [7, 11) is 1.68. The second-order valence-corrected chi connectivity index (χ2v) is 12.3. The van der Waals surface area contributed by atoms with Crippen LogP contribution in [0.3, 0.4) is 0 Å². The third-order valence-corrected chi connectivity index (χ3v) is 9.58. The van der Waals surface area contributed by atoms with E-state index in [0.29, 0.717) is 31.1 Å². The van der Waals surface area contributed by atoms with Crippen molar-refractivity contribution in [3.05, 3.63) is 53.1 Å². The van der Waals surface area contributed by atoms with Crippen molar-refractivity contribution in [2.45, 2.75) is 69.4 Å². The molecule has 2 saturated carbocycles. The Kier molecular flexibility index (Phi) is 5.06. The zero-order chi connectivity index (χ0) is 26.4. The number of likely N-dealkylation sites (tertiary alicyclic amines) is 1. The lowest BCUT2D eigenvalue weighted by molar-refractivity contribution is -0.158. The summed E-state index contributed by atoms with van der Waals surface area (Å²) in [5, 5.41) is 11.5. The van der Waals surface area contributed by atoms with Gasteiger partial charge in [-0.2, -0.15) is 0 Å². The molecule has 2 aromatic carbocycles. The van der Waals surface area contributed by atoms with Gasteiger partial charge in [-0.1, -0.05) is 25.3 Å². The number of fused-ring (bicyclic) bond motifs is 7. The van der Waals surface area contributed by atoms with Gasteiger partial charge in [0.2, 0.25) is 11.8 Å². The van der Waals surface area contributed by atoms with Gasteiger partial charge in [-0.15, -0.1) is 0 Å². The second kappa shape index (κ2) is 8.09. The fourth-order valence-corrected chi connectivity index (χ4v) is 7.67. The van der Waals surface area contributed by atoms with Gasteiger partial charge in [0.1, 0.15) is 5.75 Å². The molecular weight excluding hydrogens is 478 g/mol. The van der Waals surface area contributed by atoms with Gasteiger partial charge in [-0.05, 0) is 73.6 Å². The minimum atomic E-state index is -0.821. The summed E-state index contributed by atoms with van der Waals surface area (Å²) in [5.74, 6) is 0.979. The summed E-state index contributed by atoms with van der Waals surface area (Å²) in [6.07, 6.45) is 6.75. The number of methoxy groups -OCH3 is 1. The fourth-order valence-electron chi connectivity index (χ4n) is 7.67. The number of nitrogens with zero attached hydrogens (tertiary/aromatic N) is 2. The molecule has 3 heterocycles. The first-order valence-corrected chi connectivity index (χ1v) is 13.9. The van der Waals surface area contributed by atoms with E-state index < -0.39 is 16.9 Å². The molecule has 0 spiro atoms. The Balaban J connectivity index is 1.48. The molecule has 7 nitrogen and oxygen atoms in total. The molecule has 2 atom stereocenters. The van der Waals surface area contributed by atoms with E-state index in [1.807, 2.05) is 23.1 Å². The maximum atomic E-state index is 14.1. The number of amides is 2. The largest absolute Gasteiger partial charge is 0.497 e. The first-order chi connectivity index (χ1) is 18.2. The van der Waals surface area contributed by atoms with E-state index in [0.717, 1.165) is 41.5 Å². The zero-order valence-electron chi connectivity index (χ0n) is 22.1. The van der Waals surface area contributed by atoms with E-state index in [9.17, 15) is 14.7 Å². The number of carbonyl (C=O) groups is 2. The van der Waals surface area contributed by atoms with Gasteiger partial charge in [0.05, 0.1) is 36.9 Å². The maximum absolute atomic E-state index is 14.1. The van der Waals surface area contributed by atoms with Gasteiger partial charge in [0.25, 0.3) is 0 Å². The van der Waals surface area contributed by atoms with Crippen LogP contribution in [0.4, 0.5) is 0 Å². The van der Waals surface area contributed by atoms with Crippen molar-refractivity contribution in [1.82, 2.24) is 9.47 Å². The number of aliphatic hydroxyl groups is 1. The summed E-state index contributed by atoms with van der Waals surface area (Å²) in [6, 6.07) is 12.1. The Hall–Kier alpha value is -3.32. The molecule has 2 amide bonds. The maximum Gasteiger partial charge on any atom is 0.248 e. The number of rotatable bonds is 4. The number of aromatic nitrogens is 1. The molecule has 7 heteroatoms. The average molecular weight is 514 g/mol. The fraction of sp³-hybridized carbons (Fsp3) is 0.484. The molecule has 2 unspecified atom stereocenters. The molecular formula is C31H35N3O4. The van der Waals surface area contributed by atoms with Crippen LogP contribution in [0.15, 0.2) is 36.4 Å². The van der Waals surface area contributed by atoms with Crippen molar-refractivity contribution in [3.63, 3.8) is 0 Å². The van der Waals surface area contributed by atoms with Crippen LogP contribution in [0.1, 0.15) is 78.8 Å². The predicted octanol–water partition coefficient (Wildman–Crippen LogP) is 4.54. The molecule has 1 saturated heterocycles. The van der Waals surface area contributed by atoms with Crippen LogP contribution in [0.25, 0.3) is 22.2 Å². The summed E-state index contributed by atoms with van der Waals surface area (Å²) < 4.78 is 7.96. The molecule has 3 N–H and O–H groups in total. The van der Waals surface area contributed by atoms with Crippen molar-refractivity contribution < 1.29 is 19.4 Å². The molecule has 3 aromatic rings. The highest BCUT2D eigenvalue weighted by atomic mass is 16.5. The lowest BCUT2D eigenvalue weighted by atomic mass is 9.81. The second-order valence-electron chi connectivity index (χ2n) is 12.3. The molecule has 0 bridgehead atoms. The molecule has 7 rings (SSSR count). The van der Waals surface area contributed by atoms with Crippen molar-refractivity contribution in [2.75, 3.05) is 20.2 Å². The molecule has 38 heavy (non-hydrogen) atoms. The number of β-amino-alcohol motifs (C(OH)–C–C–N with tert-alkyl or cyclic N) is 1. The highest BCUT2D eigenvalue weighted by molar-refractivity contribution is 6.01. The molecule has 198 valence electrons. The van der Waals surface area contributed by atoms with Gasteiger partial charge < -0.3 is 25.0 Å². The van der Waals surface area contributed by atoms with E-state index in [4.69, 9.17) is 10.5 Å². The van der Waals surface area contributed by atoms with E-state index in [2.05, 4.69) is 22.8 Å². The third-order valence-electron chi connectivity index (χ3n) is 9.58. The molecule has 1 aromatic heterocycles. The highest BCUT2D eigenvalue weighted by Crippen LogP contribution is 2.66. The van der Waals surface area contributed by atoms with Crippen molar-refractivity contribution in [3.8, 4) is 17.0 Å². The molecule has 2 aliphatic heterocycles. The lowest BCUT2D eigenvalue weighted by Crippen LogP contribution is -2.63. The van der Waals surface area contributed by atoms with Crippen molar-refractivity contribution in [1.29, 1.82) is 0 Å². The van der Waals surface area contributed by atoms with Gasteiger partial charge in [0, 0.05) is 34.5 Å². The molecule has 3 fully saturated rings. The number of carbonyl (C=O) groups excluding carboxylic acids is 2. The minimum absolute atomic E-state index is 0.0825. The smallest absolute Gasteiger partial charge is 0.248 e. The Bertz CT molecular complexity index is 1490. The van der Waals surface area contributed by atoms with E-state index in [1.165, 1.54) is 36.1 Å². The third kappa shape index (κ3) is 3.37. The first-order valence-electron chi connectivity index (χ1n) is 13.9. The predicted molar refractivity (Wildman–Crippen MR) is 145 cm³/mol. The minimum Gasteiger partial charge on any atom is -0.497 e. The Morgan fingerprint density at radius 3 is 2.50 bits per heavy atom. The van der Waals surface area contributed by atoms with Crippen molar-refractivity contribution in [2.24, 2.45) is 11.1 Å². The summed E-state index contributed by atoms with van der Waals surface area (Å²) in [4.78, 5) is 28.1. The van der Waals surface area contributed by atoms with Gasteiger partial charge in [-0.3, -0.25) is 9.59 Å². The van der Waals surface area contributed by atoms with Crippen LogP contribution in [0.5, 0.6) is 5.75 Å². The number of nitrogens with two attached hydrogens (primary N) is 1. The SMILES string of the molecule is COc1ccc2c(c1)C1CC1(C(=O)N1CC(C)(O)C1)Cn1c-2c(C2CCCCC2)c2ccc(C(N)=O)cc21. The first kappa shape index (κ1) is 23.8. The quantitative estimate of drug-likeness (QED) is 0.535. The zero-order valence-corrected chi connectivity index (χ0v) is 22.1. The van der Waals surface area contributed by atoms with Crippen LogP contribution in [-0.4, -0.2) is 52.2 Å². The Morgan fingerprint density at radius 1 is 1.05 bits per heavy atom.